The lowest BCUT2D eigenvalue weighted by Gasteiger charge is -2.16. The Morgan fingerprint density at radius 2 is 1.95 bits per heavy atom. The van der Waals surface area contributed by atoms with Crippen LogP contribution in [0.2, 0.25) is 0 Å². The van der Waals surface area contributed by atoms with Crippen molar-refractivity contribution in [3.63, 3.8) is 0 Å². The molecule has 0 unspecified atom stereocenters. The molecule has 0 aliphatic rings. The number of halogens is 5. The lowest BCUT2D eigenvalue weighted by Crippen LogP contribution is -2.20. The van der Waals surface area contributed by atoms with Crippen LogP contribution in [0.5, 0.6) is 11.6 Å². The van der Waals surface area contributed by atoms with Crippen molar-refractivity contribution >= 4 is 5.97 Å². The van der Waals surface area contributed by atoms with Crippen molar-refractivity contribution < 1.29 is 41.0 Å². The summed E-state index contributed by atoms with van der Waals surface area (Å²) in [5.41, 5.74) is -1.76. The van der Waals surface area contributed by atoms with Crippen LogP contribution < -0.4 is 9.47 Å². The summed E-state index contributed by atoms with van der Waals surface area (Å²) in [4.78, 5) is 14.5. The van der Waals surface area contributed by atoms with Crippen molar-refractivity contribution in [2.75, 3.05) is 14.2 Å². The predicted octanol–water partition coefficient (Wildman–Crippen LogP) is 2.64. The summed E-state index contributed by atoms with van der Waals surface area (Å²) >= 11 is 0. The van der Waals surface area contributed by atoms with Crippen LogP contribution in [0, 0.1) is 0 Å². The van der Waals surface area contributed by atoms with Gasteiger partial charge in [0.25, 0.3) is 6.43 Å². The molecule has 0 N–H and O–H groups in total. The van der Waals surface area contributed by atoms with Gasteiger partial charge < -0.3 is 14.2 Å². The lowest BCUT2D eigenvalue weighted by atomic mass is 10.1. The highest BCUT2D eigenvalue weighted by Gasteiger charge is 2.34. The highest BCUT2D eigenvalue weighted by Crippen LogP contribution is 2.35. The molecule has 1 heterocycles. The number of carbonyl (C=O) groups is 1. The summed E-state index contributed by atoms with van der Waals surface area (Å²) in [6.07, 6.45) is -9.20. The fourth-order valence-electron chi connectivity index (χ4n) is 1.44. The first-order chi connectivity index (χ1) is 9.67. The number of rotatable bonds is 5. The molecular formula is C11H10F5NO4. The van der Waals surface area contributed by atoms with Gasteiger partial charge in [-0.1, -0.05) is 0 Å². The molecule has 0 spiro atoms. The third-order valence-corrected chi connectivity index (χ3v) is 2.28. The molecule has 118 valence electrons. The molecule has 0 radical (unpaired) electrons. The summed E-state index contributed by atoms with van der Waals surface area (Å²) in [6.45, 7) is 0. The topological polar surface area (TPSA) is 57.7 Å². The highest BCUT2D eigenvalue weighted by atomic mass is 19.4. The van der Waals surface area contributed by atoms with E-state index in [9.17, 15) is 26.7 Å². The van der Waals surface area contributed by atoms with Crippen LogP contribution in [-0.4, -0.2) is 31.5 Å². The number of ether oxygens (including phenoxy) is 3. The average Bonchev–Trinajstić information content (AvgIpc) is 2.38. The van der Waals surface area contributed by atoms with E-state index in [4.69, 9.17) is 0 Å². The molecular weight excluding hydrogens is 305 g/mol. The van der Waals surface area contributed by atoms with Crippen LogP contribution in [0.3, 0.4) is 0 Å². The Labute approximate surface area is 115 Å². The number of carbonyl (C=O) groups excluding carboxylic acids is 1. The molecule has 0 atom stereocenters. The molecule has 0 aromatic carbocycles. The van der Waals surface area contributed by atoms with E-state index in [1.807, 2.05) is 0 Å². The van der Waals surface area contributed by atoms with Gasteiger partial charge in [-0.2, -0.15) is 0 Å². The first kappa shape index (κ1) is 16.9. The maximum Gasteiger partial charge on any atom is 0.573 e. The third kappa shape index (κ3) is 4.72. The van der Waals surface area contributed by atoms with Crippen molar-refractivity contribution in [2.45, 2.75) is 19.2 Å². The normalized spacial score (nSPS) is 11.4. The monoisotopic (exact) mass is 315 g/mol. The Morgan fingerprint density at radius 3 is 2.38 bits per heavy atom. The maximum absolute atomic E-state index is 12.9. The lowest BCUT2D eigenvalue weighted by molar-refractivity contribution is -0.275. The van der Waals surface area contributed by atoms with Crippen molar-refractivity contribution in [1.29, 1.82) is 0 Å². The Kier molecular flexibility index (Phi) is 5.28. The summed E-state index contributed by atoms with van der Waals surface area (Å²) < 4.78 is 75.2. The minimum atomic E-state index is -5.13. The standard InChI is InChI=1S/C11H10F5NO4/c1-19-7-4-6(21-11(14,15)16)5(3-8(18)20-2)9(17-7)10(12)13/h4,10H,3H2,1-2H3. The first-order valence-electron chi connectivity index (χ1n) is 5.36. The molecule has 1 aromatic heterocycles. The van der Waals surface area contributed by atoms with Gasteiger partial charge in [-0.15, -0.1) is 13.2 Å². The summed E-state index contributed by atoms with van der Waals surface area (Å²) in [5, 5.41) is 0. The summed E-state index contributed by atoms with van der Waals surface area (Å²) in [5.74, 6) is -2.51. The van der Waals surface area contributed by atoms with Gasteiger partial charge in [0, 0.05) is 11.6 Å². The summed E-state index contributed by atoms with van der Waals surface area (Å²) in [7, 11) is 2.00. The van der Waals surface area contributed by atoms with E-state index < -0.39 is 48.1 Å². The molecule has 0 aliphatic carbocycles. The van der Waals surface area contributed by atoms with E-state index in [0.29, 0.717) is 6.07 Å². The van der Waals surface area contributed by atoms with E-state index in [1.165, 1.54) is 0 Å². The summed E-state index contributed by atoms with van der Waals surface area (Å²) in [6, 6.07) is 0.664. The van der Waals surface area contributed by atoms with Gasteiger partial charge in [-0.3, -0.25) is 4.79 Å². The van der Waals surface area contributed by atoms with Gasteiger partial charge in [-0.05, 0) is 0 Å². The van der Waals surface area contributed by atoms with Crippen LogP contribution in [0.1, 0.15) is 17.7 Å². The Balaban J connectivity index is 3.40. The Hall–Kier alpha value is -2.13. The molecule has 0 aliphatic heterocycles. The second-order valence-electron chi connectivity index (χ2n) is 3.63. The van der Waals surface area contributed by atoms with Gasteiger partial charge in [-0.25, -0.2) is 13.8 Å². The van der Waals surface area contributed by atoms with E-state index in [1.54, 1.807) is 0 Å². The first-order valence-corrected chi connectivity index (χ1v) is 5.36. The molecule has 1 aromatic rings. The molecule has 0 fully saturated rings. The zero-order valence-electron chi connectivity index (χ0n) is 10.8. The SMILES string of the molecule is COC(=O)Cc1c(OC(F)(F)F)cc(OC)nc1C(F)F. The molecule has 0 saturated heterocycles. The van der Waals surface area contributed by atoms with Gasteiger partial charge in [0.2, 0.25) is 5.88 Å². The number of methoxy groups -OCH3 is 2. The van der Waals surface area contributed by atoms with Gasteiger partial charge >= 0.3 is 12.3 Å². The average molecular weight is 315 g/mol. The minimum Gasteiger partial charge on any atom is -0.481 e. The van der Waals surface area contributed by atoms with E-state index in [-0.39, 0.29) is 0 Å². The number of aromatic nitrogens is 1. The highest BCUT2D eigenvalue weighted by molar-refractivity contribution is 5.74. The zero-order valence-corrected chi connectivity index (χ0v) is 10.8. The zero-order chi connectivity index (χ0) is 16.2. The van der Waals surface area contributed by atoms with Crippen LogP contribution in [-0.2, 0) is 16.0 Å². The molecule has 21 heavy (non-hydrogen) atoms. The van der Waals surface area contributed by atoms with E-state index in [2.05, 4.69) is 19.2 Å². The van der Waals surface area contributed by atoms with Gasteiger partial charge in [0.15, 0.2) is 0 Å². The maximum atomic E-state index is 12.9. The molecule has 0 bridgehead atoms. The molecule has 0 amide bonds. The minimum absolute atomic E-state index is 0.502. The second kappa shape index (κ2) is 6.55. The Bertz CT molecular complexity index is 518. The van der Waals surface area contributed by atoms with Crippen molar-refractivity contribution in [3.8, 4) is 11.6 Å². The van der Waals surface area contributed by atoms with Crippen LogP contribution in [0.4, 0.5) is 22.0 Å². The van der Waals surface area contributed by atoms with Gasteiger partial charge in [0.05, 0.1) is 20.6 Å². The number of esters is 1. The predicted molar refractivity (Wildman–Crippen MR) is 58.1 cm³/mol. The van der Waals surface area contributed by atoms with Crippen LogP contribution in [0.15, 0.2) is 6.07 Å². The van der Waals surface area contributed by atoms with Crippen LogP contribution in [0.25, 0.3) is 0 Å². The Morgan fingerprint density at radius 1 is 1.33 bits per heavy atom. The van der Waals surface area contributed by atoms with Gasteiger partial charge in [0.1, 0.15) is 11.4 Å². The van der Waals surface area contributed by atoms with Crippen molar-refractivity contribution in [1.82, 2.24) is 4.98 Å². The number of hydrogen-bond donors (Lipinski definition) is 0. The third-order valence-electron chi connectivity index (χ3n) is 2.28. The van der Waals surface area contributed by atoms with E-state index in [0.717, 1.165) is 14.2 Å². The van der Waals surface area contributed by atoms with Crippen LogP contribution >= 0.6 is 0 Å². The molecule has 1 rings (SSSR count). The fourth-order valence-corrected chi connectivity index (χ4v) is 1.44. The van der Waals surface area contributed by atoms with Crippen molar-refractivity contribution in [3.05, 3.63) is 17.3 Å². The smallest absolute Gasteiger partial charge is 0.481 e. The number of pyridine rings is 1. The quantitative estimate of drug-likeness (QED) is 0.617. The molecule has 10 heteroatoms. The fraction of sp³-hybridized carbons (Fsp3) is 0.455. The number of nitrogens with zero attached hydrogens (tertiary/aromatic N) is 1. The van der Waals surface area contributed by atoms with E-state index >= 15 is 0 Å². The van der Waals surface area contributed by atoms with Crippen molar-refractivity contribution in [2.24, 2.45) is 0 Å². The second-order valence-corrected chi connectivity index (χ2v) is 3.63. The number of alkyl halides is 5. The molecule has 0 saturated carbocycles. The number of hydrogen-bond acceptors (Lipinski definition) is 5. The largest absolute Gasteiger partial charge is 0.573 e. The molecule has 5 nitrogen and oxygen atoms in total.